The van der Waals surface area contributed by atoms with E-state index in [-0.39, 0.29) is 23.8 Å². The fourth-order valence-electron chi connectivity index (χ4n) is 4.51. The third-order valence-electron chi connectivity index (χ3n) is 6.14. The number of rotatable bonds is 6. The summed E-state index contributed by atoms with van der Waals surface area (Å²) in [6, 6.07) is 9.88. The van der Waals surface area contributed by atoms with E-state index in [1.165, 1.54) is 19.3 Å². The first-order valence-electron chi connectivity index (χ1n) is 10.5. The highest BCUT2D eigenvalue weighted by Gasteiger charge is 2.31. The number of hydrogen-bond donors (Lipinski definition) is 2. The summed E-state index contributed by atoms with van der Waals surface area (Å²) in [5.41, 5.74) is 6.99. The van der Waals surface area contributed by atoms with Gasteiger partial charge in [0.15, 0.2) is 0 Å². The van der Waals surface area contributed by atoms with Crippen LogP contribution < -0.4 is 11.1 Å². The Morgan fingerprint density at radius 2 is 1.81 bits per heavy atom. The lowest BCUT2D eigenvalue weighted by Crippen LogP contribution is -2.51. The number of nitrogens with zero attached hydrogens (tertiary/aromatic N) is 1. The SMILES string of the molecule is NCC(NC(=O)C1CCCN(C(=O)Cc2ccccc2)C1)C1CCCCC1. The van der Waals surface area contributed by atoms with Crippen molar-refractivity contribution in [1.82, 2.24) is 10.2 Å². The van der Waals surface area contributed by atoms with Gasteiger partial charge in [0.25, 0.3) is 0 Å². The molecule has 5 heteroatoms. The summed E-state index contributed by atoms with van der Waals surface area (Å²) < 4.78 is 0. The standard InChI is InChI=1S/C22H33N3O2/c23-15-20(18-10-5-2-6-11-18)24-22(27)19-12-7-13-25(16-19)21(26)14-17-8-3-1-4-9-17/h1,3-4,8-9,18-20H,2,5-7,10-16,23H2,(H,24,27). The van der Waals surface area contributed by atoms with E-state index < -0.39 is 0 Å². The Hall–Kier alpha value is -1.88. The molecule has 5 nitrogen and oxygen atoms in total. The first-order chi connectivity index (χ1) is 13.2. The van der Waals surface area contributed by atoms with Gasteiger partial charge in [0.1, 0.15) is 0 Å². The summed E-state index contributed by atoms with van der Waals surface area (Å²) in [6.45, 7) is 1.78. The van der Waals surface area contributed by atoms with Crippen molar-refractivity contribution in [2.24, 2.45) is 17.6 Å². The van der Waals surface area contributed by atoms with Crippen LogP contribution in [-0.2, 0) is 16.0 Å². The van der Waals surface area contributed by atoms with Crippen molar-refractivity contribution >= 4 is 11.8 Å². The Morgan fingerprint density at radius 3 is 2.52 bits per heavy atom. The normalized spacial score (nSPS) is 22.3. The Balaban J connectivity index is 1.53. The van der Waals surface area contributed by atoms with Crippen LogP contribution in [0.15, 0.2) is 30.3 Å². The lowest BCUT2D eigenvalue weighted by Gasteiger charge is -2.35. The smallest absolute Gasteiger partial charge is 0.227 e. The van der Waals surface area contributed by atoms with E-state index in [1.54, 1.807) is 0 Å². The molecule has 2 unspecified atom stereocenters. The zero-order chi connectivity index (χ0) is 19.1. The number of amides is 2. The Kier molecular flexibility index (Phi) is 7.27. The maximum atomic E-state index is 12.8. The highest BCUT2D eigenvalue weighted by atomic mass is 16.2. The van der Waals surface area contributed by atoms with Crippen LogP contribution in [0.3, 0.4) is 0 Å². The number of benzene rings is 1. The summed E-state index contributed by atoms with van der Waals surface area (Å²) in [6.07, 6.45) is 8.23. The van der Waals surface area contributed by atoms with E-state index >= 15 is 0 Å². The molecule has 2 fully saturated rings. The third kappa shape index (κ3) is 5.55. The lowest BCUT2D eigenvalue weighted by molar-refractivity contribution is -0.135. The Bertz CT molecular complexity index is 613. The molecule has 1 heterocycles. The molecule has 2 amide bonds. The zero-order valence-electron chi connectivity index (χ0n) is 16.2. The van der Waals surface area contributed by atoms with E-state index in [4.69, 9.17) is 5.73 Å². The number of nitrogens with one attached hydrogen (secondary N) is 1. The maximum Gasteiger partial charge on any atom is 0.227 e. The van der Waals surface area contributed by atoms with Gasteiger partial charge in [-0.25, -0.2) is 0 Å². The van der Waals surface area contributed by atoms with Gasteiger partial charge >= 0.3 is 0 Å². The third-order valence-corrected chi connectivity index (χ3v) is 6.14. The van der Waals surface area contributed by atoms with Crippen molar-refractivity contribution in [3.8, 4) is 0 Å². The molecule has 1 aliphatic heterocycles. The minimum Gasteiger partial charge on any atom is -0.352 e. The molecule has 27 heavy (non-hydrogen) atoms. The fourth-order valence-corrected chi connectivity index (χ4v) is 4.51. The second-order valence-electron chi connectivity index (χ2n) is 8.09. The number of hydrogen-bond acceptors (Lipinski definition) is 3. The average Bonchev–Trinajstić information content (AvgIpc) is 2.73. The summed E-state index contributed by atoms with van der Waals surface area (Å²) in [5.74, 6) is 0.581. The number of likely N-dealkylation sites (tertiary alicyclic amines) is 1. The summed E-state index contributed by atoms with van der Waals surface area (Å²) in [5, 5.41) is 3.21. The second kappa shape index (κ2) is 9.88. The van der Waals surface area contributed by atoms with Gasteiger partial charge in [-0.05, 0) is 37.2 Å². The van der Waals surface area contributed by atoms with E-state index in [0.29, 0.717) is 25.4 Å². The van der Waals surface area contributed by atoms with Crippen molar-refractivity contribution in [2.45, 2.75) is 57.4 Å². The molecule has 1 aromatic rings. The molecular formula is C22H33N3O2. The average molecular weight is 372 g/mol. The number of carbonyl (C=O) groups is 2. The van der Waals surface area contributed by atoms with Gasteiger partial charge < -0.3 is 16.0 Å². The summed E-state index contributed by atoms with van der Waals surface area (Å²) >= 11 is 0. The van der Waals surface area contributed by atoms with Crippen LogP contribution in [0.5, 0.6) is 0 Å². The molecule has 1 aromatic carbocycles. The molecule has 0 spiro atoms. The van der Waals surface area contributed by atoms with Crippen LogP contribution in [0.4, 0.5) is 0 Å². The van der Waals surface area contributed by atoms with E-state index in [1.807, 2.05) is 35.2 Å². The van der Waals surface area contributed by atoms with Crippen LogP contribution in [0.25, 0.3) is 0 Å². The summed E-state index contributed by atoms with van der Waals surface area (Å²) in [4.78, 5) is 27.3. The number of nitrogens with two attached hydrogens (primary N) is 1. The molecule has 2 aliphatic rings. The van der Waals surface area contributed by atoms with Gasteiger partial charge in [0, 0.05) is 25.7 Å². The van der Waals surface area contributed by atoms with Gasteiger partial charge in [0.2, 0.25) is 11.8 Å². The van der Waals surface area contributed by atoms with Gasteiger partial charge in [-0.3, -0.25) is 9.59 Å². The molecule has 0 radical (unpaired) electrons. The first kappa shape index (κ1) is 19.9. The minimum absolute atomic E-state index is 0.0770. The van der Waals surface area contributed by atoms with Gasteiger partial charge in [-0.1, -0.05) is 49.6 Å². The molecule has 3 rings (SSSR count). The van der Waals surface area contributed by atoms with Gasteiger partial charge in [-0.2, -0.15) is 0 Å². The van der Waals surface area contributed by atoms with E-state index in [2.05, 4.69) is 5.32 Å². The van der Waals surface area contributed by atoms with Crippen molar-refractivity contribution in [3.63, 3.8) is 0 Å². The highest BCUT2D eigenvalue weighted by Crippen LogP contribution is 2.27. The maximum absolute atomic E-state index is 12.8. The molecule has 148 valence electrons. The second-order valence-corrected chi connectivity index (χ2v) is 8.09. The molecule has 3 N–H and O–H groups in total. The van der Waals surface area contributed by atoms with Crippen molar-refractivity contribution in [1.29, 1.82) is 0 Å². The van der Waals surface area contributed by atoms with Crippen LogP contribution in [0.2, 0.25) is 0 Å². The molecule has 1 saturated carbocycles. The summed E-state index contributed by atoms with van der Waals surface area (Å²) in [7, 11) is 0. The lowest BCUT2D eigenvalue weighted by atomic mass is 9.83. The quantitative estimate of drug-likeness (QED) is 0.807. The minimum atomic E-state index is -0.115. The van der Waals surface area contributed by atoms with Crippen molar-refractivity contribution < 1.29 is 9.59 Å². The first-order valence-corrected chi connectivity index (χ1v) is 10.5. The number of piperidine rings is 1. The zero-order valence-corrected chi connectivity index (χ0v) is 16.2. The largest absolute Gasteiger partial charge is 0.352 e. The fraction of sp³-hybridized carbons (Fsp3) is 0.636. The Morgan fingerprint density at radius 1 is 1.07 bits per heavy atom. The van der Waals surface area contributed by atoms with Crippen LogP contribution in [0, 0.1) is 11.8 Å². The molecular weight excluding hydrogens is 338 g/mol. The highest BCUT2D eigenvalue weighted by molar-refractivity contribution is 5.82. The van der Waals surface area contributed by atoms with Gasteiger partial charge in [0.05, 0.1) is 12.3 Å². The topological polar surface area (TPSA) is 75.4 Å². The predicted molar refractivity (Wildman–Crippen MR) is 107 cm³/mol. The van der Waals surface area contributed by atoms with Crippen molar-refractivity contribution in [3.05, 3.63) is 35.9 Å². The van der Waals surface area contributed by atoms with Crippen molar-refractivity contribution in [2.75, 3.05) is 19.6 Å². The molecule has 0 aromatic heterocycles. The molecule has 1 aliphatic carbocycles. The molecule has 2 atom stereocenters. The van der Waals surface area contributed by atoms with Crippen LogP contribution in [0.1, 0.15) is 50.5 Å². The number of carbonyl (C=O) groups excluding carboxylic acids is 2. The predicted octanol–water partition coefficient (Wildman–Crippen LogP) is 2.49. The van der Waals surface area contributed by atoms with E-state index in [0.717, 1.165) is 37.8 Å². The Labute approximate surface area is 162 Å². The van der Waals surface area contributed by atoms with Crippen LogP contribution >= 0.6 is 0 Å². The van der Waals surface area contributed by atoms with E-state index in [9.17, 15) is 9.59 Å². The molecule has 1 saturated heterocycles. The van der Waals surface area contributed by atoms with Gasteiger partial charge in [-0.15, -0.1) is 0 Å². The monoisotopic (exact) mass is 371 g/mol. The molecule has 0 bridgehead atoms. The van der Waals surface area contributed by atoms with Crippen LogP contribution in [-0.4, -0.2) is 42.4 Å².